The zero-order valence-corrected chi connectivity index (χ0v) is 33.0. The van der Waals surface area contributed by atoms with Gasteiger partial charge >= 0.3 is 6.18 Å². The van der Waals surface area contributed by atoms with Crippen molar-refractivity contribution in [2.24, 2.45) is 0 Å². The molecule has 0 fully saturated rings. The van der Waals surface area contributed by atoms with Crippen LogP contribution in [0.25, 0.3) is 67.4 Å². The number of nitrogens with one attached hydrogen (secondary N) is 4. The van der Waals surface area contributed by atoms with Gasteiger partial charge in [-0.05, 0) is 78.9 Å². The summed E-state index contributed by atoms with van der Waals surface area (Å²) in [4.78, 5) is 32.7. The number of pyridine rings is 2. The average Bonchev–Trinajstić information content (AvgIpc) is 4.11. The molecule has 0 atom stereocenters. The van der Waals surface area contributed by atoms with Crippen LogP contribution in [0.4, 0.5) is 43.6 Å². The van der Waals surface area contributed by atoms with E-state index in [1.165, 1.54) is 40.9 Å². The van der Waals surface area contributed by atoms with E-state index in [4.69, 9.17) is 0 Å². The van der Waals surface area contributed by atoms with E-state index in [9.17, 15) is 22.0 Å². The second-order valence-corrected chi connectivity index (χ2v) is 15.2. The molecule has 4 aromatic carbocycles. The molecule has 6 heterocycles. The molecule has 10 aromatic rings. The number of fused-ring (bicyclic) bond motifs is 2. The number of anilines is 4. The molecule has 0 radical (unpaired) electrons. The van der Waals surface area contributed by atoms with E-state index in [0.717, 1.165) is 67.3 Å². The van der Waals surface area contributed by atoms with Crippen molar-refractivity contribution in [3.63, 3.8) is 0 Å². The molecule has 0 unspecified atom stereocenters. The molecule has 302 valence electrons. The van der Waals surface area contributed by atoms with Crippen LogP contribution in [-0.4, -0.2) is 39.9 Å². The van der Waals surface area contributed by atoms with Crippen LogP contribution in [-0.2, 0) is 6.18 Å². The highest BCUT2D eigenvalue weighted by Gasteiger charge is 2.30. The highest BCUT2D eigenvalue weighted by Crippen LogP contribution is 2.34. The molecule has 0 amide bonds. The third-order valence-corrected chi connectivity index (χ3v) is 10.8. The fraction of sp³-hybridized carbons (Fsp3) is 0.0455. The minimum atomic E-state index is -4.40. The third kappa shape index (κ3) is 8.97. The van der Waals surface area contributed by atoms with Crippen LogP contribution >= 0.6 is 22.7 Å². The molecule has 0 saturated carbocycles. The fourth-order valence-electron chi connectivity index (χ4n) is 6.32. The lowest BCUT2D eigenvalue weighted by atomic mass is 10.1. The Morgan fingerprint density at radius 2 is 1.05 bits per heavy atom. The highest BCUT2D eigenvalue weighted by molar-refractivity contribution is 7.14. The quantitative estimate of drug-likeness (QED) is 0.106. The predicted octanol–water partition coefficient (Wildman–Crippen LogP) is 12.9. The molecule has 0 saturated heterocycles. The summed E-state index contributed by atoms with van der Waals surface area (Å²) in [6.07, 6.45) is 0.0568. The first-order valence-corrected chi connectivity index (χ1v) is 20.2. The number of hydrogen-bond acceptors (Lipinski definition) is 10. The number of aromatic amines is 2. The molecule has 0 aliphatic rings. The van der Waals surface area contributed by atoms with Gasteiger partial charge in [-0.3, -0.25) is 9.97 Å². The lowest BCUT2D eigenvalue weighted by Crippen LogP contribution is -2.04. The number of aromatic nitrogens is 8. The normalized spacial score (nSPS) is 11.5. The zero-order valence-electron chi connectivity index (χ0n) is 31.3. The number of H-pyrrole nitrogens is 2. The Bertz CT molecular complexity index is 3090. The summed E-state index contributed by atoms with van der Waals surface area (Å²) in [7, 11) is 0. The summed E-state index contributed by atoms with van der Waals surface area (Å²) < 4.78 is 65.0. The smallest absolute Gasteiger partial charge is 0.338 e. The molecule has 0 spiro atoms. The molecule has 10 rings (SSSR count). The van der Waals surface area contributed by atoms with Crippen LogP contribution in [0, 0.1) is 0 Å². The third-order valence-electron chi connectivity index (χ3n) is 9.26. The SMILES string of the molecule is FC(F)(F)c1cccc(-c2nc3ccc(Nc4nc(-c5cccnc5)cs4)cc3[nH]2)c1.FC(F)c1cccc(-c2nc3ccc(Nc4nc(-c5cccnc5)cs4)cc3[nH]2)c1. The molecule has 61 heavy (non-hydrogen) atoms. The van der Waals surface area contributed by atoms with Crippen LogP contribution in [0.1, 0.15) is 17.6 Å². The highest BCUT2D eigenvalue weighted by atomic mass is 32.1. The van der Waals surface area contributed by atoms with E-state index in [2.05, 4.69) is 50.5 Å². The molecule has 0 aliphatic heterocycles. The first-order valence-electron chi connectivity index (χ1n) is 18.4. The Hall–Kier alpha value is -7.37. The molecule has 4 N–H and O–H groups in total. The van der Waals surface area contributed by atoms with Gasteiger partial charge < -0.3 is 20.6 Å². The standard InChI is InChI=1S/C22H14F3N5S.C22H15F2N5S/c23-22(24,25)15-5-1-3-13(9-15)20-28-17-7-6-16(10-18(17)29-20)27-21-30-19(12-31-21)14-4-2-8-26-11-14;23-20(24)13-3-1-4-14(9-13)21-27-17-7-6-16(10-18(17)28-21)26-22-29-19(12-30-22)15-5-2-8-25-11-15/h1-12H,(H,27,30)(H,28,29);1-12,20H,(H,26,29)(H,27,28). The summed E-state index contributed by atoms with van der Waals surface area (Å²) in [6, 6.07) is 30.2. The van der Waals surface area contributed by atoms with Gasteiger partial charge in [0, 0.05) is 74.7 Å². The second kappa shape index (κ2) is 16.7. The lowest BCUT2D eigenvalue weighted by Gasteiger charge is -2.07. The number of benzene rings is 4. The number of hydrogen-bond donors (Lipinski definition) is 4. The summed E-state index contributed by atoms with van der Waals surface area (Å²) >= 11 is 2.97. The van der Waals surface area contributed by atoms with Gasteiger partial charge in [-0.15, -0.1) is 22.7 Å². The van der Waals surface area contributed by atoms with Gasteiger partial charge in [0.2, 0.25) is 0 Å². The Labute approximate surface area is 351 Å². The van der Waals surface area contributed by atoms with Crippen LogP contribution in [0.5, 0.6) is 0 Å². The number of nitrogens with zero attached hydrogens (tertiary/aromatic N) is 6. The van der Waals surface area contributed by atoms with Crippen LogP contribution in [0.15, 0.2) is 145 Å². The van der Waals surface area contributed by atoms with E-state index >= 15 is 0 Å². The van der Waals surface area contributed by atoms with Gasteiger partial charge in [-0.2, -0.15) is 13.2 Å². The number of rotatable bonds is 9. The van der Waals surface area contributed by atoms with E-state index < -0.39 is 18.2 Å². The molecule has 0 aliphatic carbocycles. The van der Waals surface area contributed by atoms with E-state index in [0.29, 0.717) is 33.8 Å². The Morgan fingerprint density at radius 3 is 1.54 bits per heavy atom. The summed E-state index contributed by atoms with van der Waals surface area (Å²) in [5.41, 5.74) is 8.43. The minimum Gasteiger partial charge on any atom is -0.338 e. The molecule has 0 bridgehead atoms. The Kier molecular flexibility index (Phi) is 10.7. The van der Waals surface area contributed by atoms with Gasteiger partial charge in [0.05, 0.1) is 39.0 Å². The topological polar surface area (TPSA) is 133 Å². The van der Waals surface area contributed by atoms with Crippen molar-refractivity contribution in [3.05, 3.63) is 156 Å². The van der Waals surface area contributed by atoms with Crippen molar-refractivity contribution in [3.8, 4) is 45.3 Å². The summed E-state index contributed by atoms with van der Waals surface area (Å²) in [6.45, 7) is 0. The van der Waals surface area contributed by atoms with Crippen molar-refractivity contribution in [2.45, 2.75) is 12.6 Å². The van der Waals surface area contributed by atoms with Crippen LogP contribution in [0.2, 0.25) is 0 Å². The first kappa shape index (κ1) is 39.1. The fourth-order valence-corrected chi connectivity index (χ4v) is 7.80. The number of thiazole rings is 2. The Morgan fingerprint density at radius 1 is 0.541 bits per heavy atom. The number of halogens is 5. The maximum absolute atomic E-state index is 13.0. The molecular weight excluding hydrogens is 828 g/mol. The summed E-state index contributed by atoms with van der Waals surface area (Å²) in [5.74, 6) is 0.934. The lowest BCUT2D eigenvalue weighted by molar-refractivity contribution is -0.137. The van der Waals surface area contributed by atoms with Gasteiger partial charge in [-0.25, -0.2) is 28.7 Å². The molecule has 6 aromatic heterocycles. The largest absolute Gasteiger partial charge is 0.416 e. The second-order valence-electron chi connectivity index (χ2n) is 13.4. The molecule has 10 nitrogen and oxygen atoms in total. The average molecular weight is 857 g/mol. The van der Waals surface area contributed by atoms with Crippen LogP contribution in [0.3, 0.4) is 0 Å². The van der Waals surface area contributed by atoms with Crippen molar-refractivity contribution in [1.82, 2.24) is 39.9 Å². The van der Waals surface area contributed by atoms with Gasteiger partial charge in [-0.1, -0.05) is 30.3 Å². The maximum atomic E-state index is 13.0. The van der Waals surface area contributed by atoms with Crippen molar-refractivity contribution in [2.75, 3.05) is 10.6 Å². The molecule has 17 heteroatoms. The van der Waals surface area contributed by atoms with E-state index in [1.807, 2.05) is 65.4 Å². The monoisotopic (exact) mass is 856 g/mol. The van der Waals surface area contributed by atoms with Crippen molar-refractivity contribution in [1.29, 1.82) is 0 Å². The van der Waals surface area contributed by atoms with E-state index in [-0.39, 0.29) is 5.56 Å². The summed E-state index contributed by atoms with van der Waals surface area (Å²) in [5, 5.41) is 12.0. The minimum absolute atomic E-state index is 0.0245. The van der Waals surface area contributed by atoms with Gasteiger partial charge in [0.15, 0.2) is 10.3 Å². The number of imidazole rings is 2. The van der Waals surface area contributed by atoms with E-state index in [1.54, 1.807) is 49.1 Å². The maximum Gasteiger partial charge on any atom is 0.416 e. The zero-order chi connectivity index (χ0) is 41.9. The first-order chi connectivity index (χ1) is 29.6. The van der Waals surface area contributed by atoms with Crippen molar-refractivity contribution >= 4 is 66.4 Å². The molecular formula is C44H29F5N10S2. The van der Waals surface area contributed by atoms with Gasteiger partial charge in [0.25, 0.3) is 6.43 Å². The number of alkyl halides is 5. The van der Waals surface area contributed by atoms with Crippen LogP contribution < -0.4 is 10.6 Å². The van der Waals surface area contributed by atoms with Crippen molar-refractivity contribution < 1.29 is 22.0 Å². The predicted molar refractivity (Wildman–Crippen MR) is 230 cm³/mol. The van der Waals surface area contributed by atoms with Gasteiger partial charge in [0.1, 0.15) is 11.6 Å². The Balaban J connectivity index is 0.000000156.